The molecule has 10 heteroatoms. The van der Waals surface area contributed by atoms with Crippen LogP contribution < -0.4 is 9.80 Å². The fraction of sp³-hybridized carbons (Fsp3) is 0.762. The lowest BCUT2D eigenvalue weighted by atomic mass is 9.96. The number of aromatic nitrogens is 2. The second-order valence-corrected chi connectivity index (χ2v) is 11.2. The number of rotatable bonds is 4. The molecule has 3 aliphatic rings. The maximum Gasteiger partial charge on any atom is 0.225 e. The van der Waals surface area contributed by atoms with Gasteiger partial charge >= 0.3 is 0 Å². The van der Waals surface area contributed by atoms with Crippen LogP contribution in [0.4, 0.5) is 11.6 Å². The van der Waals surface area contributed by atoms with E-state index in [9.17, 15) is 13.2 Å². The Kier molecular flexibility index (Phi) is 6.66. The average Bonchev–Trinajstić information content (AvgIpc) is 2.79. The molecule has 0 spiro atoms. The van der Waals surface area contributed by atoms with Crippen LogP contribution in [0, 0.1) is 11.8 Å². The molecule has 0 aliphatic carbocycles. The van der Waals surface area contributed by atoms with Crippen molar-refractivity contribution in [2.45, 2.75) is 32.6 Å². The topological polar surface area (TPSA) is 90.0 Å². The van der Waals surface area contributed by atoms with Gasteiger partial charge < -0.3 is 14.7 Å². The molecule has 0 unspecified atom stereocenters. The minimum absolute atomic E-state index is 0.0733. The number of anilines is 2. The van der Waals surface area contributed by atoms with Crippen LogP contribution in [-0.4, -0.2) is 92.3 Å². The number of carbonyl (C=O) groups is 1. The normalized spacial score (nSPS) is 22.7. The summed E-state index contributed by atoms with van der Waals surface area (Å²) >= 11 is 0. The number of hydrogen-bond donors (Lipinski definition) is 0. The molecule has 9 nitrogen and oxygen atoms in total. The van der Waals surface area contributed by atoms with Crippen molar-refractivity contribution in [3.05, 3.63) is 12.1 Å². The molecule has 4 rings (SSSR count). The minimum atomic E-state index is -3.16. The molecule has 1 amide bonds. The molecule has 0 atom stereocenters. The maximum absolute atomic E-state index is 12.9. The monoisotopic (exact) mass is 450 g/mol. The molecular formula is C21H34N6O3S. The first-order valence-electron chi connectivity index (χ1n) is 11.4. The van der Waals surface area contributed by atoms with E-state index in [-0.39, 0.29) is 11.8 Å². The van der Waals surface area contributed by atoms with Crippen LogP contribution in [0.2, 0.25) is 0 Å². The van der Waals surface area contributed by atoms with Crippen LogP contribution in [0.3, 0.4) is 0 Å². The number of amides is 1. The SMILES string of the molecule is CC1CCN(c2ccc(N3CCN(C(=O)C4CCN(S(C)(=O)=O)CC4)CC3)nn2)CC1. The van der Waals surface area contributed by atoms with Crippen molar-refractivity contribution in [2.24, 2.45) is 11.8 Å². The summed E-state index contributed by atoms with van der Waals surface area (Å²) in [4.78, 5) is 19.3. The zero-order chi connectivity index (χ0) is 22.0. The van der Waals surface area contributed by atoms with Gasteiger partial charge in [0, 0.05) is 58.3 Å². The first-order valence-corrected chi connectivity index (χ1v) is 13.2. The van der Waals surface area contributed by atoms with E-state index in [0.717, 1.165) is 43.7 Å². The molecule has 4 heterocycles. The van der Waals surface area contributed by atoms with E-state index in [0.29, 0.717) is 39.0 Å². The van der Waals surface area contributed by atoms with Gasteiger partial charge in [-0.05, 0) is 43.7 Å². The fourth-order valence-electron chi connectivity index (χ4n) is 4.74. The van der Waals surface area contributed by atoms with Gasteiger partial charge in [0.15, 0.2) is 11.6 Å². The van der Waals surface area contributed by atoms with Crippen molar-refractivity contribution in [2.75, 3.05) is 68.4 Å². The van der Waals surface area contributed by atoms with E-state index in [2.05, 4.69) is 33.0 Å². The van der Waals surface area contributed by atoms with Crippen molar-refractivity contribution in [3.63, 3.8) is 0 Å². The number of carbonyl (C=O) groups excluding carboxylic acids is 1. The van der Waals surface area contributed by atoms with E-state index in [1.54, 1.807) is 0 Å². The zero-order valence-electron chi connectivity index (χ0n) is 18.6. The third-order valence-electron chi connectivity index (χ3n) is 6.93. The van der Waals surface area contributed by atoms with Crippen molar-refractivity contribution in [1.82, 2.24) is 19.4 Å². The number of piperidine rings is 2. The van der Waals surface area contributed by atoms with Crippen molar-refractivity contribution >= 4 is 27.6 Å². The molecule has 3 saturated heterocycles. The first kappa shape index (κ1) is 22.3. The minimum Gasteiger partial charge on any atom is -0.355 e. The van der Waals surface area contributed by atoms with Gasteiger partial charge in [-0.1, -0.05) is 6.92 Å². The van der Waals surface area contributed by atoms with Crippen LogP contribution in [0.25, 0.3) is 0 Å². The van der Waals surface area contributed by atoms with Crippen LogP contribution in [0.1, 0.15) is 32.6 Å². The smallest absolute Gasteiger partial charge is 0.225 e. The summed E-state index contributed by atoms with van der Waals surface area (Å²) in [5, 5.41) is 8.91. The molecular weight excluding hydrogens is 416 g/mol. The largest absolute Gasteiger partial charge is 0.355 e. The number of piperazine rings is 1. The van der Waals surface area contributed by atoms with E-state index < -0.39 is 10.0 Å². The highest BCUT2D eigenvalue weighted by molar-refractivity contribution is 7.88. The van der Waals surface area contributed by atoms with E-state index in [1.807, 2.05) is 11.0 Å². The summed E-state index contributed by atoms with van der Waals surface area (Å²) < 4.78 is 24.8. The average molecular weight is 451 g/mol. The lowest BCUT2D eigenvalue weighted by molar-refractivity contribution is -0.137. The molecule has 1 aromatic rings. The Hall–Kier alpha value is -1.94. The highest BCUT2D eigenvalue weighted by atomic mass is 32.2. The van der Waals surface area contributed by atoms with Gasteiger partial charge in [0.1, 0.15) is 0 Å². The summed E-state index contributed by atoms with van der Waals surface area (Å²) in [6.45, 7) is 8.07. The predicted molar refractivity (Wildman–Crippen MR) is 121 cm³/mol. The Balaban J connectivity index is 1.26. The van der Waals surface area contributed by atoms with Crippen molar-refractivity contribution in [3.8, 4) is 0 Å². The summed E-state index contributed by atoms with van der Waals surface area (Å²) in [5.74, 6) is 2.69. The third kappa shape index (κ3) is 5.28. The van der Waals surface area contributed by atoms with Gasteiger partial charge in [-0.3, -0.25) is 4.79 Å². The summed E-state index contributed by atoms with van der Waals surface area (Å²) in [7, 11) is -3.16. The molecule has 0 saturated carbocycles. The number of nitrogens with zero attached hydrogens (tertiary/aromatic N) is 6. The van der Waals surface area contributed by atoms with Gasteiger partial charge in [0.2, 0.25) is 15.9 Å². The molecule has 0 N–H and O–H groups in total. The van der Waals surface area contributed by atoms with Gasteiger partial charge in [-0.25, -0.2) is 12.7 Å². The molecule has 0 bridgehead atoms. The Labute approximate surface area is 185 Å². The molecule has 1 aromatic heterocycles. The fourth-order valence-corrected chi connectivity index (χ4v) is 5.62. The van der Waals surface area contributed by atoms with E-state index in [1.165, 1.54) is 23.4 Å². The van der Waals surface area contributed by atoms with Crippen LogP contribution in [-0.2, 0) is 14.8 Å². The van der Waals surface area contributed by atoms with Gasteiger partial charge in [0.05, 0.1) is 6.26 Å². The predicted octanol–water partition coefficient (Wildman–Crippen LogP) is 1.03. The van der Waals surface area contributed by atoms with Crippen molar-refractivity contribution in [1.29, 1.82) is 0 Å². The molecule has 3 fully saturated rings. The Morgan fingerprint density at radius 1 is 0.839 bits per heavy atom. The van der Waals surface area contributed by atoms with E-state index >= 15 is 0 Å². The van der Waals surface area contributed by atoms with Gasteiger partial charge in [-0.15, -0.1) is 10.2 Å². The highest BCUT2D eigenvalue weighted by Gasteiger charge is 2.33. The van der Waals surface area contributed by atoms with Gasteiger partial charge in [0.25, 0.3) is 0 Å². The van der Waals surface area contributed by atoms with Crippen LogP contribution >= 0.6 is 0 Å². The number of sulfonamides is 1. The van der Waals surface area contributed by atoms with E-state index in [4.69, 9.17) is 0 Å². The molecule has 3 aliphatic heterocycles. The first-order chi connectivity index (χ1) is 14.8. The Morgan fingerprint density at radius 3 is 1.84 bits per heavy atom. The second kappa shape index (κ2) is 9.28. The molecule has 0 radical (unpaired) electrons. The van der Waals surface area contributed by atoms with Gasteiger partial charge in [-0.2, -0.15) is 0 Å². The summed E-state index contributed by atoms with van der Waals surface area (Å²) in [6.07, 6.45) is 4.85. The van der Waals surface area contributed by atoms with Crippen LogP contribution in [0.15, 0.2) is 12.1 Å². The summed E-state index contributed by atoms with van der Waals surface area (Å²) in [6, 6.07) is 4.10. The maximum atomic E-state index is 12.9. The number of hydrogen-bond acceptors (Lipinski definition) is 7. The second-order valence-electron chi connectivity index (χ2n) is 9.17. The van der Waals surface area contributed by atoms with Crippen LogP contribution in [0.5, 0.6) is 0 Å². The zero-order valence-corrected chi connectivity index (χ0v) is 19.4. The standard InChI is InChI=1S/C21H34N6O3S/c1-17-5-9-24(10-6-17)19-3-4-20(23-22-19)25-13-15-26(16-14-25)21(28)18-7-11-27(12-8-18)31(2,29)30/h3-4,17-18H,5-16H2,1-2H3. The quantitative estimate of drug-likeness (QED) is 0.677. The lowest BCUT2D eigenvalue weighted by Crippen LogP contribution is -2.52. The summed E-state index contributed by atoms with van der Waals surface area (Å²) in [5.41, 5.74) is 0. The molecule has 172 valence electrons. The van der Waals surface area contributed by atoms with Crippen molar-refractivity contribution < 1.29 is 13.2 Å². The lowest BCUT2D eigenvalue weighted by Gasteiger charge is -2.38. The Bertz CT molecular complexity index is 854. The Morgan fingerprint density at radius 2 is 1.35 bits per heavy atom. The molecule has 0 aromatic carbocycles. The highest BCUT2D eigenvalue weighted by Crippen LogP contribution is 2.24. The molecule has 31 heavy (non-hydrogen) atoms. The third-order valence-corrected chi connectivity index (χ3v) is 8.23.